The number of aliphatic hydroxyl groups is 1. The molecule has 0 aromatic carbocycles. The van der Waals surface area contributed by atoms with Gasteiger partial charge in [-0.25, -0.2) is 0 Å². The SMILES string of the molecule is C[C@H](O)CNC(=O)C1CC2CCC1C2. The molecule has 3 heteroatoms. The second-order valence-corrected chi connectivity index (χ2v) is 4.88. The number of carbonyl (C=O) groups is 1. The molecule has 3 nitrogen and oxygen atoms in total. The van der Waals surface area contributed by atoms with Crippen molar-refractivity contribution in [3.8, 4) is 0 Å². The first-order chi connectivity index (χ1) is 6.66. The molecule has 2 bridgehead atoms. The number of rotatable bonds is 3. The molecule has 2 rings (SSSR count). The molecule has 0 aliphatic heterocycles. The Kier molecular flexibility index (Phi) is 2.77. The van der Waals surface area contributed by atoms with Gasteiger partial charge in [0.25, 0.3) is 0 Å². The van der Waals surface area contributed by atoms with Gasteiger partial charge in [-0.05, 0) is 38.0 Å². The van der Waals surface area contributed by atoms with Gasteiger partial charge in [-0.1, -0.05) is 6.42 Å². The third-order valence-electron chi connectivity index (χ3n) is 3.65. The molecule has 3 unspecified atom stereocenters. The molecule has 0 heterocycles. The average molecular weight is 197 g/mol. The van der Waals surface area contributed by atoms with E-state index in [1.54, 1.807) is 6.92 Å². The van der Waals surface area contributed by atoms with Crippen LogP contribution in [0, 0.1) is 17.8 Å². The number of fused-ring (bicyclic) bond motifs is 2. The number of hydrogen-bond acceptors (Lipinski definition) is 2. The van der Waals surface area contributed by atoms with Crippen LogP contribution in [0.3, 0.4) is 0 Å². The van der Waals surface area contributed by atoms with Crippen LogP contribution in [0.4, 0.5) is 0 Å². The van der Waals surface area contributed by atoms with Gasteiger partial charge < -0.3 is 10.4 Å². The topological polar surface area (TPSA) is 49.3 Å². The first-order valence-corrected chi connectivity index (χ1v) is 5.62. The van der Waals surface area contributed by atoms with Crippen LogP contribution in [0.25, 0.3) is 0 Å². The van der Waals surface area contributed by atoms with Gasteiger partial charge in [-0.15, -0.1) is 0 Å². The average Bonchev–Trinajstić information content (AvgIpc) is 2.74. The van der Waals surface area contributed by atoms with Crippen molar-refractivity contribution in [2.24, 2.45) is 17.8 Å². The Labute approximate surface area is 84.9 Å². The maximum atomic E-state index is 11.7. The smallest absolute Gasteiger partial charge is 0.223 e. The van der Waals surface area contributed by atoms with Crippen LogP contribution in [-0.4, -0.2) is 23.7 Å². The van der Waals surface area contributed by atoms with E-state index in [1.165, 1.54) is 19.3 Å². The van der Waals surface area contributed by atoms with Gasteiger partial charge in [0.05, 0.1) is 6.10 Å². The fourth-order valence-corrected chi connectivity index (χ4v) is 2.95. The molecular formula is C11H19NO2. The summed E-state index contributed by atoms with van der Waals surface area (Å²) in [5.41, 5.74) is 0. The van der Waals surface area contributed by atoms with Crippen molar-refractivity contribution < 1.29 is 9.90 Å². The summed E-state index contributed by atoms with van der Waals surface area (Å²) in [4.78, 5) is 11.7. The lowest BCUT2D eigenvalue weighted by molar-refractivity contribution is -0.126. The van der Waals surface area contributed by atoms with Crippen molar-refractivity contribution in [2.45, 2.75) is 38.7 Å². The van der Waals surface area contributed by atoms with E-state index in [-0.39, 0.29) is 11.8 Å². The highest BCUT2D eigenvalue weighted by Crippen LogP contribution is 2.48. The minimum Gasteiger partial charge on any atom is -0.392 e. The number of aliphatic hydroxyl groups excluding tert-OH is 1. The van der Waals surface area contributed by atoms with Crippen LogP contribution in [0.1, 0.15) is 32.6 Å². The molecule has 2 fully saturated rings. The molecule has 0 saturated heterocycles. The third-order valence-corrected chi connectivity index (χ3v) is 3.65. The van der Waals surface area contributed by atoms with Gasteiger partial charge in [0.1, 0.15) is 0 Å². The van der Waals surface area contributed by atoms with Crippen LogP contribution < -0.4 is 5.32 Å². The minimum absolute atomic E-state index is 0.165. The monoisotopic (exact) mass is 197 g/mol. The first kappa shape index (κ1) is 9.97. The van der Waals surface area contributed by atoms with E-state index >= 15 is 0 Å². The van der Waals surface area contributed by atoms with Crippen molar-refractivity contribution in [3.05, 3.63) is 0 Å². The Morgan fingerprint density at radius 3 is 2.79 bits per heavy atom. The van der Waals surface area contributed by atoms with E-state index in [0.717, 1.165) is 12.3 Å². The molecule has 2 aliphatic rings. The molecule has 0 spiro atoms. The number of amides is 1. The van der Waals surface area contributed by atoms with Crippen LogP contribution in [0.5, 0.6) is 0 Å². The number of hydrogen-bond donors (Lipinski definition) is 2. The summed E-state index contributed by atoms with van der Waals surface area (Å²) >= 11 is 0. The molecule has 0 aromatic rings. The Balaban J connectivity index is 1.81. The predicted molar refractivity (Wildman–Crippen MR) is 53.6 cm³/mol. The van der Waals surface area contributed by atoms with E-state index < -0.39 is 6.10 Å². The highest BCUT2D eigenvalue weighted by atomic mass is 16.3. The quantitative estimate of drug-likeness (QED) is 0.707. The molecule has 1 amide bonds. The molecular weight excluding hydrogens is 178 g/mol. The van der Waals surface area contributed by atoms with E-state index in [1.807, 2.05) is 0 Å². The highest BCUT2D eigenvalue weighted by molar-refractivity contribution is 5.79. The molecule has 0 aromatic heterocycles. The van der Waals surface area contributed by atoms with E-state index in [9.17, 15) is 4.79 Å². The van der Waals surface area contributed by atoms with Crippen LogP contribution >= 0.6 is 0 Å². The summed E-state index contributed by atoms with van der Waals surface area (Å²) in [5.74, 6) is 1.85. The van der Waals surface area contributed by atoms with E-state index in [4.69, 9.17) is 5.11 Å². The highest BCUT2D eigenvalue weighted by Gasteiger charge is 2.42. The summed E-state index contributed by atoms with van der Waals surface area (Å²) in [7, 11) is 0. The second kappa shape index (κ2) is 3.89. The number of nitrogens with one attached hydrogen (secondary N) is 1. The van der Waals surface area contributed by atoms with Gasteiger partial charge >= 0.3 is 0 Å². The van der Waals surface area contributed by atoms with E-state index in [2.05, 4.69) is 5.32 Å². The standard InChI is InChI=1S/C11H19NO2/c1-7(13)6-12-11(14)10-5-8-2-3-9(10)4-8/h7-10,13H,2-6H2,1H3,(H,12,14)/t7-,8?,9?,10?/m0/s1. The van der Waals surface area contributed by atoms with Crippen molar-refractivity contribution in [1.29, 1.82) is 0 Å². The summed E-state index contributed by atoms with van der Waals surface area (Å²) in [6.45, 7) is 2.09. The largest absolute Gasteiger partial charge is 0.392 e. The molecule has 2 saturated carbocycles. The molecule has 0 radical (unpaired) electrons. The Hall–Kier alpha value is -0.570. The van der Waals surface area contributed by atoms with Gasteiger partial charge in [0, 0.05) is 12.5 Å². The van der Waals surface area contributed by atoms with Gasteiger partial charge in [-0.3, -0.25) is 4.79 Å². The molecule has 4 atom stereocenters. The van der Waals surface area contributed by atoms with E-state index in [0.29, 0.717) is 12.5 Å². The van der Waals surface area contributed by atoms with Crippen molar-refractivity contribution in [2.75, 3.05) is 6.54 Å². The Bertz CT molecular complexity index is 227. The van der Waals surface area contributed by atoms with Crippen molar-refractivity contribution >= 4 is 5.91 Å². The normalized spacial score (nSPS) is 37.1. The van der Waals surface area contributed by atoms with Gasteiger partial charge in [0.15, 0.2) is 0 Å². The van der Waals surface area contributed by atoms with Crippen LogP contribution in [-0.2, 0) is 4.79 Å². The third kappa shape index (κ3) is 1.92. The zero-order valence-electron chi connectivity index (χ0n) is 8.70. The van der Waals surface area contributed by atoms with Gasteiger partial charge in [-0.2, -0.15) is 0 Å². The number of carbonyl (C=O) groups excluding carboxylic acids is 1. The molecule has 2 aliphatic carbocycles. The zero-order chi connectivity index (χ0) is 10.1. The fraction of sp³-hybridized carbons (Fsp3) is 0.909. The Morgan fingerprint density at radius 2 is 2.29 bits per heavy atom. The molecule has 80 valence electrons. The summed E-state index contributed by atoms with van der Waals surface area (Å²) in [6, 6.07) is 0. The van der Waals surface area contributed by atoms with Crippen LogP contribution in [0.2, 0.25) is 0 Å². The van der Waals surface area contributed by atoms with Gasteiger partial charge in [0.2, 0.25) is 5.91 Å². The Morgan fingerprint density at radius 1 is 1.50 bits per heavy atom. The minimum atomic E-state index is -0.433. The fourth-order valence-electron chi connectivity index (χ4n) is 2.95. The van der Waals surface area contributed by atoms with Crippen molar-refractivity contribution in [1.82, 2.24) is 5.32 Å². The maximum absolute atomic E-state index is 11.7. The lowest BCUT2D eigenvalue weighted by Crippen LogP contribution is -2.37. The molecule has 2 N–H and O–H groups in total. The zero-order valence-corrected chi connectivity index (χ0v) is 8.70. The maximum Gasteiger partial charge on any atom is 0.223 e. The lowest BCUT2D eigenvalue weighted by Gasteiger charge is -2.21. The second-order valence-electron chi connectivity index (χ2n) is 4.88. The lowest BCUT2D eigenvalue weighted by atomic mass is 9.88. The van der Waals surface area contributed by atoms with Crippen LogP contribution in [0.15, 0.2) is 0 Å². The molecule has 14 heavy (non-hydrogen) atoms. The summed E-state index contributed by atoms with van der Waals surface area (Å²) in [6.07, 6.45) is 4.46. The predicted octanol–water partition coefficient (Wildman–Crippen LogP) is 0.920. The summed E-state index contributed by atoms with van der Waals surface area (Å²) in [5, 5.41) is 11.9. The summed E-state index contributed by atoms with van der Waals surface area (Å²) < 4.78 is 0. The first-order valence-electron chi connectivity index (χ1n) is 5.62. The van der Waals surface area contributed by atoms with Crippen molar-refractivity contribution in [3.63, 3.8) is 0 Å².